The highest BCUT2D eigenvalue weighted by molar-refractivity contribution is 8.05. The number of hydrogen-bond acceptors (Lipinski definition) is 1. The van der Waals surface area contributed by atoms with E-state index in [4.69, 9.17) is 11.8 Å². The van der Waals surface area contributed by atoms with E-state index < -0.39 is 0 Å². The second-order valence-corrected chi connectivity index (χ2v) is 13.8. The van der Waals surface area contributed by atoms with Crippen molar-refractivity contribution >= 4 is 18.5 Å². The van der Waals surface area contributed by atoms with Gasteiger partial charge in [-0.05, 0) is 25.7 Å². The fourth-order valence-corrected chi connectivity index (χ4v) is 6.87. The zero-order valence-corrected chi connectivity index (χ0v) is 24.4. The first kappa shape index (κ1) is 32.5. The molecule has 0 aliphatic heterocycles. The summed E-state index contributed by atoms with van der Waals surface area (Å²) in [6.45, 7) is 4.53. The van der Waals surface area contributed by atoms with Crippen molar-refractivity contribution in [1.29, 1.82) is 0 Å². The normalized spacial score (nSPS) is 11.3. The van der Waals surface area contributed by atoms with Crippen LogP contribution in [0.3, 0.4) is 0 Å². The van der Waals surface area contributed by atoms with Crippen molar-refractivity contribution in [3.05, 3.63) is 0 Å². The van der Waals surface area contributed by atoms with Crippen molar-refractivity contribution in [3.8, 4) is 0 Å². The molecule has 0 atom stereocenters. The average Bonchev–Trinajstić information content (AvgIpc) is 2.80. The summed E-state index contributed by atoms with van der Waals surface area (Å²) in [4.78, 5) is 0. The van der Waals surface area contributed by atoms with E-state index in [9.17, 15) is 0 Å². The molecule has 32 heavy (non-hydrogen) atoms. The first-order valence-electron chi connectivity index (χ1n) is 15.2. The standard InChI is InChI=1S/C30H62PS/c1-3-5-7-9-11-13-15-17-19-21-23-25-27-29-31(32)30-28-26-24-22-20-18-16-14-12-10-8-6-4-2/h3-30H2,1-2H3/q+1. The van der Waals surface area contributed by atoms with Crippen LogP contribution in [0.25, 0.3) is 0 Å². The highest BCUT2D eigenvalue weighted by Gasteiger charge is 2.08. The van der Waals surface area contributed by atoms with Crippen molar-refractivity contribution in [2.75, 3.05) is 12.3 Å². The van der Waals surface area contributed by atoms with Crippen molar-refractivity contribution < 1.29 is 0 Å². The van der Waals surface area contributed by atoms with E-state index in [2.05, 4.69) is 13.8 Å². The molecule has 0 unspecified atom stereocenters. The van der Waals surface area contributed by atoms with Crippen LogP contribution in [-0.2, 0) is 11.8 Å². The van der Waals surface area contributed by atoms with Gasteiger partial charge in [0.25, 0.3) is 0 Å². The van der Waals surface area contributed by atoms with Crippen LogP contribution in [0.1, 0.15) is 181 Å². The first-order chi connectivity index (χ1) is 15.8. The van der Waals surface area contributed by atoms with Gasteiger partial charge in [0.1, 0.15) is 12.3 Å². The minimum absolute atomic E-state index is 0.0758. The van der Waals surface area contributed by atoms with Crippen LogP contribution in [0.5, 0.6) is 0 Å². The predicted octanol–water partition coefficient (Wildman–Crippen LogP) is 12.1. The number of unbranched alkanes of at least 4 members (excludes halogenated alkanes) is 24. The smallest absolute Gasteiger partial charge is 0.0654 e. The fourth-order valence-electron chi connectivity index (χ4n) is 4.72. The molecule has 0 heterocycles. The Morgan fingerprint density at radius 2 is 0.500 bits per heavy atom. The lowest BCUT2D eigenvalue weighted by Crippen LogP contribution is -1.88. The highest BCUT2D eigenvalue weighted by Crippen LogP contribution is 2.26. The van der Waals surface area contributed by atoms with Gasteiger partial charge < -0.3 is 0 Å². The van der Waals surface area contributed by atoms with E-state index in [1.165, 1.54) is 179 Å². The molecule has 0 aromatic heterocycles. The third kappa shape index (κ3) is 28.6. The molecule has 0 aliphatic carbocycles. The van der Waals surface area contributed by atoms with Crippen LogP contribution in [-0.4, -0.2) is 12.3 Å². The van der Waals surface area contributed by atoms with Crippen LogP contribution in [0, 0.1) is 0 Å². The summed E-state index contributed by atoms with van der Waals surface area (Å²) >= 11 is 5.78. The van der Waals surface area contributed by atoms with E-state index in [1.54, 1.807) is 0 Å². The van der Waals surface area contributed by atoms with Crippen LogP contribution >= 0.6 is 6.70 Å². The molecular formula is C30H62PS+. The molecule has 0 N–H and O–H groups in total. The summed E-state index contributed by atoms with van der Waals surface area (Å²) in [5, 5.41) is 0. The maximum absolute atomic E-state index is 5.78. The molecule has 0 aliphatic rings. The molecule has 0 aromatic rings. The minimum Gasteiger partial charge on any atom is -0.0654 e. The third-order valence-corrected chi connectivity index (χ3v) is 9.75. The van der Waals surface area contributed by atoms with Gasteiger partial charge in [-0.1, -0.05) is 155 Å². The summed E-state index contributed by atoms with van der Waals surface area (Å²) in [6, 6.07) is 0. The zero-order valence-electron chi connectivity index (χ0n) is 22.7. The van der Waals surface area contributed by atoms with Crippen molar-refractivity contribution in [3.63, 3.8) is 0 Å². The number of hydrogen-bond donors (Lipinski definition) is 0. The summed E-state index contributed by atoms with van der Waals surface area (Å²) in [7, 11) is 0. The van der Waals surface area contributed by atoms with Gasteiger partial charge in [0.2, 0.25) is 0 Å². The van der Waals surface area contributed by atoms with E-state index in [0.29, 0.717) is 0 Å². The largest absolute Gasteiger partial charge is 0.175 e. The second kappa shape index (κ2) is 29.6. The summed E-state index contributed by atoms with van der Waals surface area (Å²) in [5.74, 6) is 0. The van der Waals surface area contributed by atoms with Gasteiger partial charge >= 0.3 is 0 Å². The van der Waals surface area contributed by atoms with Gasteiger partial charge in [-0.15, -0.1) is 0 Å². The lowest BCUT2D eigenvalue weighted by Gasteiger charge is -2.03. The van der Waals surface area contributed by atoms with Crippen LogP contribution in [0.15, 0.2) is 0 Å². The minimum atomic E-state index is -0.0758. The zero-order chi connectivity index (χ0) is 23.4. The monoisotopic (exact) mass is 485 g/mol. The average molecular weight is 486 g/mol. The fraction of sp³-hybridized carbons (Fsp3) is 1.00. The second-order valence-electron chi connectivity index (χ2n) is 10.4. The van der Waals surface area contributed by atoms with Gasteiger partial charge in [-0.25, -0.2) is 0 Å². The van der Waals surface area contributed by atoms with Crippen molar-refractivity contribution in [1.82, 2.24) is 0 Å². The SMILES string of the molecule is CCCCCCCCCCCCCCC[P+](=S)CCCCCCCCCCCCCCC. The van der Waals surface area contributed by atoms with Crippen molar-refractivity contribution in [2.45, 2.75) is 181 Å². The summed E-state index contributed by atoms with van der Waals surface area (Å²) < 4.78 is 0. The predicted molar refractivity (Wildman–Crippen MR) is 155 cm³/mol. The van der Waals surface area contributed by atoms with Crippen molar-refractivity contribution in [2.24, 2.45) is 0 Å². The van der Waals surface area contributed by atoms with Crippen LogP contribution < -0.4 is 0 Å². The Morgan fingerprint density at radius 1 is 0.312 bits per heavy atom. The van der Waals surface area contributed by atoms with E-state index in [0.717, 1.165) is 0 Å². The Morgan fingerprint density at radius 3 is 0.719 bits per heavy atom. The van der Waals surface area contributed by atoms with Gasteiger partial charge in [-0.2, -0.15) is 0 Å². The van der Waals surface area contributed by atoms with Crippen LogP contribution in [0.4, 0.5) is 0 Å². The summed E-state index contributed by atoms with van der Waals surface area (Å²) in [6.07, 6.45) is 40.4. The Labute approximate surface area is 211 Å². The molecular weight excluding hydrogens is 423 g/mol. The highest BCUT2D eigenvalue weighted by atomic mass is 32.4. The van der Waals surface area contributed by atoms with E-state index >= 15 is 0 Å². The lowest BCUT2D eigenvalue weighted by molar-refractivity contribution is 0.542. The quantitative estimate of drug-likeness (QED) is 0.0784. The molecule has 0 saturated carbocycles. The van der Waals surface area contributed by atoms with E-state index in [-0.39, 0.29) is 6.70 Å². The Balaban J connectivity index is 3.14. The molecule has 0 rings (SSSR count). The van der Waals surface area contributed by atoms with Gasteiger partial charge in [0.15, 0.2) is 18.5 Å². The lowest BCUT2D eigenvalue weighted by atomic mass is 10.0. The molecule has 0 bridgehead atoms. The first-order valence-corrected chi connectivity index (χ1v) is 18.0. The Hall–Kier alpha value is 0.520. The van der Waals surface area contributed by atoms with Crippen LogP contribution in [0.2, 0.25) is 0 Å². The molecule has 0 nitrogen and oxygen atoms in total. The van der Waals surface area contributed by atoms with Gasteiger partial charge in [0, 0.05) is 0 Å². The molecule has 2 heteroatoms. The Kier molecular flexibility index (Phi) is 30.0. The molecule has 0 fully saturated rings. The maximum Gasteiger partial charge on any atom is 0.175 e. The number of rotatable bonds is 28. The topological polar surface area (TPSA) is 0 Å². The summed E-state index contributed by atoms with van der Waals surface area (Å²) in [5.41, 5.74) is 0. The molecule has 0 aromatic carbocycles. The maximum atomic E-state index is 5.78. The van der Waals surface area contributed by atoms with E-state index in [1.807, 2.05) is 0 Å². The molecule has 0 amide bonds. The third-order valence-electron chi connectivity index (χ3n) is 7.02. The molecule has 192 valence electrons. The molecule has 0 saturated heterocycles. The van der Waals surface area contributed by atoms with Gasteiger partial charge in [0.05, 0.1) is 0 Å². The molecule has 0 radical (unpaired) electrons. The molecule has 0 spiro atoms. The Bertz CT molecular complexity index is 323. The van der Waals surface area contributed by atoms with Gasteiger partial charge in [-0.3, -0.25) is 0 Å².